The molecule has 0 bridgehead atoms. The van der Waals surface area contributed by atoms with Gasteiger partial charge in [-0.15, -0.1) is 0 Å². The topological polar surface area (TPSA) is 38.9 Å². The van der Waals surface area contributed by atoms with Crippen LogP contribution in [0.2, 0.25) is 5.15 Å². The highest BCUT2D eigenvalue weighted by molar-refractivity contribution is 6.32. The van der Waals surface area contributed by atoms with E-state index in [0.29, 0.717) is 10.8 Å². The second-order valence-electron chi connectivity index (χ2n) is 3.54. The summed E-state index contributed by atoms with van der Waals surface area (Å²) in [4.78, 5) is 3.95. The molecule has 3 heteroatoms. The first kappa shape index (κ1) is 9.53. The fourth-order valence-corrected chi connectivity index (χ4v) is 1.97. The van der Waals surface area contributed by atoms with Crippen LogP contribution >= 0.6 is 11.6 Å². The van der Waals surface area contributed by atoms with Crippen molar-refractivity contribution in [3.8, 4) is 0 Å². The van der Waals surface area contributed by atoms with Crippen LogP contribution in [0, 0.1) is 0 Å². The quantitative estimate of drug-likeness (QED) is 0.720. The zero-order valence-electron chi connectivity index (χ0n) is 7.96. The van der Waals surface area contributed by atoms with Crippen LogP contribution in [0.4, 0.5) is 5.69 Å². The molecular formula is C11H13ClN2. The van der Waals surface area contributed by atoms with Crippen LogP contribution in [0.5, 0.6) is 0 Å². The molecule has 1 aliphatic rings. The van der Waals surface area contributed by atoms with Gasteiger partial charge in [-0.3, -0.25) is 0 Å². The Bertz CT molecular complexity index is 372. The van der Waals surface area contributed by atoms with E-state index in [-0.39, 0.29) is 0 Å². The third-order valence-electron chi connectivity index (χ3n) is 2.58. The van der Waals surface area contributed by atoms with Gasteiger partial charge >= 0.3 is 0 Å². The Morgan fingerprint density at radius 1 is 1.36 bits per heavy atom. The molecular weight excluding hydrogens is 196 g/mol. The summed E-state index contributed by atoms with van der Waals surface area (Å²) >= 11 is 5.87. The smallest absolute Gasteiger partial charge is 0.152 e. The van der Waals surface area contributed by atoms with Crippen LogP contribution in [-0.2, 0) is 0 Å². The molecule has 1 heterocycles. The highest BCUT2D eigenvalue weighted by Crippen LogP contribution is 2.32. The molecule has 0 spiro atoms. The molecule has 14 heavy (non-hydrogen) atoms. The zero-order valence-corrected chi connectivity index (χ0v) is 8.72. The molecule has 74 valence electrons. The normalized spacial score (nSPS) is 16.5. The number of hydrogen-bond acceptors (Lipinski definition) is 2. The van der Waals surface area contributed by atoms with Gasteiger partial charge in [0.25, 0.3) is 0 Å². The number of nitrogens with zero attached hydrogens (tertiary/aromatic N) is 1. The molecule has 1 aliphatic carbocycles. The molecule has 0 unspecified atom stereocenters. The fraction of sp³-hybridized carbons (Fsp3) is 0.364. The fourth-order valence-electron chi connectivity index (χ4n) is 1.81. The van der Waals surface area contributed by atoms with Crippen LogP contribution in [0.15, 0.2) is 18.3 Å². The minimum absolute atomic E-state index is 0.411. The van der Waals surface area contributed by atoms with Gasteiger partial charge in [-0.2, -0.15) is 0 Å². The average molecular weight is 209 g/mol. The maximum atomic E-state index is 5.88. The van der Waals surface area contributed by atoms with Crippen LogP contribution < -0.4 is 5.73 Å². The summed E-state index contributed by atoms with van der Waals surface area (Å²) in [7, 11) is 0. The Morgan fingerprint density at radius 3 is 2.93 bits per heavy atom. The molecule has 1 aromatic rings. The molecule has 0 amide bonds. The molecule has 2 N–H and O–H groups in total. The Labute approximate surface area is 88.8 Å². The summed E-state index contributed by atoms with van der Waals surface area (Å²) in [6.07, 6.45) is 8.74. The molecule has 0 fully saturated rings. The number of pyridine rings is 1. The van der Waals surface area contributed by atoms with Crippen molar-refractivity contribution in [3.05, 3.63) is 29.1 Å². The number of rotatable bonds is 1. The monoisotopic (exact) mass is 208 g/mol. The van der Waals surface area contributed by atoms with Crippen LogP contribution in [0.1, 0.15) is 31.2 Å². The lowest BCUT2D eigenvalue weighted by Gasteiger charge is -2.14. The molecule has 0 aromatic carbocycles. The van der Waals surface area contributed by atoms with Gasteiger partial charge in [-0.1, -0.05) is 17.7 Å². The van der Waals surface area contributed by atoms with Gasteiger partial charge in [0.2, 0.25) is 0 Å². The van der Waals surface area contributed by atoms with Gasteiger partial charge in [0.1, 0.15) is 0 Å². The average Bonchev–Trinajstić information content (AvgIpc) is 2.23. The van der Waals surface area contributed by atoms with E-state index >= 15 is 0 Å². The number of nitrogens with two attached hydrogens (primary N) is 1. The molecule has 0 saturated heterocycles. The number of halogens is 1. The van der Waals surface area contributed by atoms with E-state index in [9.17, 15) is 0 Å². The van der Waals surface area contributed by atoms with Crippen molar-refractivity contribution < 1.29 is 0 Å². The summed E-state index contributed by atoms with van der Waals surface area (Å²) in [5.74, 6) is 0. The van der Waals surface area contributed by atoms with Gasteiger partial charge in [0.05, 0.1) is 5.69 Å². The highest BCUT2D eigenvalue weighted by Gasteiger charge is 2.11. The van der Waals surface area contributed by atoms with Crippen molar-refractivity contribution in [1.29, 1.82) is 0 Å². The summed E-state index contributed by atoms with van der Waals surface area (Å²) in [6.45, 7) is 0. The minimum Gasteiger partial charge on any atom is -0.396 e. The SMILES string of the molecule is Nc1c(C2=CCCCC2)ccnc1Cl. The van der Waals surface area contributed by atoms with Crippen molar-refractivity contribution in [2.24, 2.45) is 0 Å². The van der Waals surface area contributed by atoms with E-state index in [4.69, 9.17) is 17.3 Å². The lowest BCUT2D eigenvalue weighted by molar-refractivity contribution is 0.742. The summed E-state index contributed by atoms with van der Waals surface area (Å²) < 4.78 is 0. The van der Waals surface area contributed by atoms with E-state index in [1.165, 1.54) is 18.4 Å². The summed E-state index contributed by atoms with van der Waals surface area (Å²) in [6, 6.07) is 1.94. The third kappa shape index (κ3) is 1.75. The lowest BCUT2D eigenvalue weighted by Crippen LogP contribution is -1.99. The first-order chi connectivity index (χ1) is 6.79. The molecule has 0 atom stereocenters. The van der Waals surface area contributed by atoms with Crippen molar-refractivity contribution in [3.63, 3.8) is 0 Å². The Hall–Kier alpha value is -1.02. The van der Waals surface area contributed by atoms with Crippen LogP contribution in [0.25, 0.3) is 5.57 Å². The van der Waals surface area contributed by atoms with Crippen LogP contribution in [0.3, 0.4) is 0 Å². The predicted molar refractivity (Wildman–Crippen MR) is 60.1 cm³/mol. The maximum Gasteiger partial charge on any atom is 0.152 e. The number of aromatic nitrogens is 1. The largest absolute Gasteiger partial charge is 0.396 e. The van der Waals surface area contributed by atoms with Gasteiger partial charge in [0.15, 0.2) is 5.15 Å². The van der Waals surface area contributed by atoms with E-state index in [2.05, 4.69) is 11.1 Å². The minimum atomic E-state index is 0.411. The van der Waals surface area contributed by atoms with Crippen molar-refractivity contribution in [1.82, 2.24) is 4.98 Å². The number of allylic oxidation sites excluding steroid dienone is 2. The van der Waals surface area contributed by atoms with Gasteiger partial charge in [0, 0.05) is 11.8 Å². The number of anilines is 1. The second-order valence-corrected chi connectivity index (χ2v) is 3.90. The van der Waals surface area contributed by atoms with Gasteiger partial charge in [-0.25, -0.2) is 4.98 Å². The van der Waals surface area contributed by atoms with E-state index < -0.39 is 0 Å². The van der Waals surface area contributed by atoms with Gasteiger partial charge in [-0.05, 0) is 37.3 Å². The third-order valence-corrected chi connectivity index (χ3v) is 2.88. The van der Waals surface area contributed by atoms with Crippen molar-refractivity contribution in [2.45, 2.75) is 25.7 Å². The van der Waals surface area contributed by atoms with E-state index in [1.54, 1.807) is 6.20 Å². The summed E-state index contributed by atoms with van der Waals surface area (Å²) in [5, 5.41) is 0.411. The molecule has 1 aromatic heterocycles. The van der Waals surface area contributed by atoms with E-state index in [0.717, 1.165) is 18.4 Å². The first-order valence-corrected chi connectivity index (χ1v) is 5.26. The molecule has 0 radical (unpaired) electrons. The Kier molecular flexibility index (Phi) is 2.73. The zero-order chi connectivity index (χ0) is 9.97. The standard InChI is InChI=1S/C11H13ClN2/c12-11-10(13)9(6-7-14-11)8-4-2-1-3-5-8/h4,6-7H,1-3,5,13H2. The maximum absolute atomic E-state index is 5.88. The Morgan fingerprint density at radius 2 is 2.21 bits per heavy atom. The first-order valence-electron chi connectivity index (χ1n) is 4.88. The predicted octanol–water partition coefficient (Wildman–Crippen LogP) is 3.27. The highest BCUT2D eigenvalue weighted by atomic mass is 35.5. The molecule has 0 saturated carbocycles. The second kappa shape index (κ2) is 4.01. The lowest BCUT2D eigenvalue weighted by atomic mass is 9.93. The van der Waals surface area contributed by atoms with Crippen molar-refractivity contribution in [2.75, 3.05) is 5.73 Å². The van der Waals surface area contributed by atoms with Crippen LogP contribution in [-0.4, -0.2) is 4.98 Å². The summed E-state index contributed by atoms with van der Waals surface area (Å²) in [5.41, 5.74) is 8.87. The number of nitrogen functional groups attached to an aromatic ring is 1. The molecule has 2 nitrogen and oxygen atoms in total. The molecule has 0 aliphatic heterocycles. The van der Waals surface area contributed by atoms with Crippen molar-refractivity contribution >= 4 is 22.9 Å². The Balaban J connectivity index is 2.40. The molecule has 2 rings (SSSR count). The number of hydrogen-bond donors (Lipinski definition) is 1. The van der Waals surface area contributed by atoms with Gasteiger partial charge < -0.3 is 5.73 Å². The van der Waals surface area contributed by atoms with E-state index in [1.807, 2.05) is 6.07 Å².